The molecule has 2 heterocycles. The van der Waals surface area contributed by atoms with Crippen LogP contribution in [0.2, 0.25) is 0 Å². The molecule has 202 valence electrons. The fraction of sp³-hybridized carbons (Fsp3) is 0.241. The molecule has 0 unspecified atom stereocenters. The normalized spacial score (nSPS) is 13.8. The first-order valence-corrected chi connectivity index (χ1v) is 12.1. The van der Waals surface area contributed by atoms with Crippen LogP contribution in [0.4, 0.5) is 0 Å². The molecule has 10 heteroatoms. The van der Waals surface area contributed by atoms with E-state index >= 15 is 0 Å². The van der Waals surface area contributed by atoms with Gasteiger partial charge in [0.15, 0.2) is 0 Å². The molecule has 1 fully saturated rings. The topological polar surface area (TPSA) is 145 Å². The number of rotatable bonds is 6. The molecule has 0 aromatic heterocycles. The van der Waals surface area contributed by atoms with Gasteiger partial charge >= 0.3 is 11.9 Å². The van der Waals surface area contributed by atoms with Gasteiger partial charge in [0.25, 0.3) is 23.6 Å². The highest BCUT2D eigenvalue weighted by Gasteiger charge is 2.28. The molecule has 0 atom stereocenters. The van der Waals surface area contributed by atoms with Crippen LogP contribution in [0.5, 0.6) is 0 Å². The molecule has 2 aliphatic heterocycles. The monoisotopic (exact) mass is 532 g/mol. The molecule has 0 radical (unpaired) electrons. The largest absolute Gasteiger partial charge is 0.458 e. The van der Waals surface area contributed by atoms with Gasteiger partial charge in [-0.3, -0.25) is 29.8 Å². The zero-order valence-corrected chi connectivity index (χ0v) is 21.7. The maximum absolute atomic E-state index is 11.7. The molecular weight excluding hydrogens is 504 g/mol. The number of esters is 2. The molecule has 1 saturated carbocycles. The molecule has 39 heavy (non-hydrogen) atoms. The van der Waals surface area contributed by atoms with Gasteiger partial charge in [0, 0.05) is 0 Å². The lowest BCUT2D eigenvalue weighted by Gasteiger charge is -2.04. The van der Waals surface area contributed by atoms with Crippen LogP contribution in [0, 0.1) is 0 Å². The molecule has 1 aliphatic carbocycles. The average Bonchev–Trinajstić information content (AvgIpc) is 3.72. The fourth-order valence-electron chi connectivity index (χ4n) is 3.13. The number of ether oxygens (including phenoxy) is 2. The Hall–Kier alpha value is -4.86. The number of imide groups is 2. The summed E-state index contributed by atoms with van der Waals surface area (Å²) in [5, 5.41) is 4.31. The molecule has 3 aliphatic rings. The summed E-state index contributed by atoms with van der Waals surface area (Å²) in [6, 6.07) is 8.50. The minimum Gasteiger partial charge on any atom is -0.458 e. The summed E-state index contributed by atoms with van der Waals surface area (Å²) in [5.74, 6) is -2.98. The van der Waals surface area contributed by atoms with E-state index < -0.39 is 35.6 Å². The molecule has 4 amide bonds. The lowest BCUT2D eigenvalue weighted by Crippen LogP contribution is -2.19. The first-order valence-electron chi connectivity index (χ1n) is 12.1. The SMILES string of the molecule is C1CC1.C=C(C)COC(=O)c1ccc2c(c1)C(=O)NC2=O.C=C(C)COC(=O)c1ccc2c(c1)C(=O)NC2=O. The standard InChI is InChI=1S/2C13H11NO4.C3H6/c2*1-7(2)6-18-13(17)8-3-4-9-10(5-8)12(16)14-11(9)15;1-2-3-1/h2*3-5H,1,6H2,2H3,(H,14,15,16);1-3H2. The Morgan fingerprint density at radius 1 is 0.641 bits per heavy atom. The number of carbonyl (C=O) groups is 6. The van der Waals surface area contributed by atoms with Crippen molar-refractivity contribution < 1.29 is 38.2 Å². The summed E-state index contributed by atoms with van der Waals surface area (Å²) in [5.41, 5.74) is 2.86. The first kappa shape index (κ1) is 28.7. The van der Waals surface area contributed by atoms with Crippen molar-refractivity contribution in [2.24, 2.45) is 0 Å². The molecule has 2 N–H and O–H groups in total. The maximum Gasteiger partial charge on any atom is 0.338 e. The fourth-order valence-corrected chi connectivity index (χ4v) is 3.13. The Morgan fingerprint density at radius 2 is 0.974 bits per heavy atom. The third kappa shape index (κ3) is 7.81. The lowest BCUT2D eigenvalue weighted by atomic mass is 10.1. The van der Waals surface area contributed by atoms with E-state index in [2.05, 4.69) is 23.8 Å². The van der Waals surface area contributed by atoms with Crippen LogP contribution in [0.25, 0.3) is 0 Å². The minimum atomic E-state index is -0.548. The number of amides is 4. The molecule has 0 saturated heterocycles. The van der Waals surface area contributed by atoms with Crippen molar-refractivity contribution in [1.29, 1.82) is 0 Å². The number of hydrogen-bond donors (Lipinski definition) is 2. The van der Waals surface area contributed by atoms with E-state index in [0.29, 0.717) is 0 Å². The van der Waals surface area contributed by atoms with Crippen molar-refractivity contribution >= 4 is 35.6 Å². The third-order valence-electron chi connectivity index (χ3n) is 5.20. The van der Waals surface area contributed by atoms with Crippen LogP contribution >= 0.6 is 0 Å². The van der Waals surface area contributed by atoms with Crippen LogP contribution in [0.15, 0.2) is 60.7 Å². The van der Waals surface area contributed by atoms with Gasteiger partial charge in [-0.25, -0.2) is 9.59 Å². The molecular formula is C29H28N2O8. The van der Waals surface area contributed by atoms with Crippen molar-refractivity contribution in [3.05, 3.63) is 94.1 Å². The zero-order chi connectivity index (χ0) is 28.7. The number of carbonyl (C=O) groups excluding carboxylic acids is 6. The highest BCUT2D eigenvalue weighted by Crippen LogP contribution is 2.19. The van der Waals surface area contributed by atoms with Gasteiger partial charge in [0.05, 0.1) is 33.4 Å². The second-order valence-electron chi connectivity index (χ2n) is 9.21. The minimum absolute atomic E-state index is 0.126. The maximum atomic E-state index is 11.7. The van der Waals surface area contributed by atoms with Crippen LogP contribution < -0.4 is 10.6 Å². The number of fused-ring (bicyclic) bond motifs is 2. The highest BCUT2D eigenvalue weighted by atomic mass is 16.5. The summed E-state index contributed by atoms with van der Waals surface area (Å²) < 4.78 is 9.91. The summed E-state index contributed by atoms with van der Waals surface area (Å²) in [4.78, 5) is 68.8. The summed E-state index contributed by atoms with van der Waals surface area (Å²) in [6.45, 7) is 11.0. The van der Waals surface area contributed by atoms with Gasteiger partial charge in [0.2, 0.25) is 0 Å². The molecule has 5 rings (SSSR count). The summed E-state index contributed by atoms with van der Waals surface area (Å²) >= 11 is 0. The van der Waals surface area contributed by atoms with Gasteiger partial charge in [-0.1, -0.05) is 32.4 Å². The summed E-state index contributed by atoms with van der Waals surface area (Å²) in [7, 11) is 0. The first-order chi connectivity index (χ1) is 18.5. The van der Waals surface area contributed by atoms with E-state index in [1.54, 1.807) is 13.8 Å². The molecule has 0 spiro atoms. The Kier molecular flexibility index (Phi) is 9.27. The molecule has 10 nitrogen and oxygen atoms in total. The predicted molar refractivity (Wildman–Crippen MR) is 141 cm³/mol. The van der Waals surface area contributed by atoms with Crippen molar-refractivity contribution in [3.8, 4) is 0 Å². The Morgan fingerprint density at radius 3 is 1.28 bits per heavy atom. The zero-order valence-electron chi connectivity index (χ0n) is 21.7. The van der Waals surface area contributed by atoms with E-state index in [-0.39, 0.29) is 46.6 Å². The molecule has 2 aromatic rings. The van der Waals surface area contributed by atoms with E-state index in [1.807, 2.05) is 0 Å². The summed E-state index contributed by atoms with van der Waals surface area (Å²) in [6.07, 6.45) is 4.50. The van der Waals surface area contributed by atoms with Crippen LogP contribution in [0.3, 0.4) is 0 Å². The van der Waals surface area contributed by atoms with Gasteiger partial charge < -0.3 is 9.47 Å². The molecule has 0 bridgehead atoms. The van der Waals surface area contributed by atoms with Crippen molar-refractivity contribution in [3.63, 3.8) is 0 Å². The van der Waals surface area contributed by atoms with Gasteiger partial charge in [-0.05, 0) is 61.4 Å². The van der Waals surface area contributed by atoms with Crippen molar-refractivity contribution in [2.45, 2.75) is 33.1 Å². The Labute approximate surface area is 225 Å². The van der Waals surface area contributed by atoms with Crippen molar-refractivity contribution in [2.75, 3.05) is 13.2 Å². The number of nitrogens with one attached hydrogen (secondary N) is 2. The van der Waals surface area contributed by atoms with Gasteiger partial charge in [-0.2, -0.15) is 0 Å². The smallest absolute Gasteiger partial charge is 0.338 e. The van der Waals surface area contributed by atoms with E-state index in [9.17, 15) is 28.8 Å². The van der Waals surface area contributed by atoms with Crippen LogP contribution in [-0.2, 0) is 9.47 Å². The van der Waals surface area contributed by atoms with Gasteiger partial charge in [0.1, 0.15) is 13.2 Å². The second kappa shape index (κ2) is 12.6. The lowest BCUT2D eigenvalue weighted by molar-refractivity contribution is 0.0531. The quantitative estimate of drug-likeness (QED) is 0.325. The van der Waals surface area contributed by atoms with Crippen molar-refractivity contribution in [1.82, 2.24) is 10.6 Å². The highest BCUT2D eigenvalue weighted by molar-refractivity contribution is 6.22. The third-order valence-corrected chi connectivity index (χ3v) is 5.20. The molecule has 2 aromatic carbocycles. The Balaban J connectivity index is 0.000000194. The van der Waals surface area contributed by atoms with Gasteiger partial charge in [-0.15, -0.1) is 0 Å². The second-order valence-corrected chi connectivity index (χ2v) is 9.21. The predicted octanol–water partition coefficient (Wildman–Crippen LogP) is 3.78. The van der Waals surface area contributed by atoms with Crippen LogP contribution in [0.1, 0.15) is 95.3 Å². The number of hydrogen-bond acceptors (Lipinski definition) is 8. The van der Waals surface area contributed by atoms with E-state index in [1.165, 1.54) is 55.7 Å². The van der Waals surface area contributed by atoms with E-state index in [0.717, 1.165) is 11.1 Å². The van der Waals surface area contributed by atoms with E-state index in [4.69, 9.17) is 9.47 Å². The number of benzene rings is 2. The van der Waals surface area contributed by atoms with Crippen LogP contribution in [-0.4, -0.2) is 48.8 Å². The average molecular weight is 533 g/mol. The Bertz CT molecular complexity index is 1300.